The van der Waals surface area contributed by atoms with Crippen LogP contribution in [0.4, 0.5) is 4.79 Å². The Labute approximate surface area is 186 Å². The van der Waals surface area contributed by atoms with Crippen LogP contribution < -0.4 is 5.32 Å². The van der Waals surface area contributed by atoms with Crippen molar-refractivity contribution in [3.05, 3.63) is 0 Å². The van der Waals surface area contributed by atoms with Crippen molar-refractivity contribution in [1.29, 1.82) is 0 Å². The number of carbonyl (C=O) groups excluding carboxylic acids is 2. The van der Waals surface area contributed by atoms with Crippen molar-refractivity contribution < 1.29 is 19.1 Å². The Kier molecular flexibility index (Phi) is 20.1. The van der Waals surface area contributed by atoms with E-state index in [1.807, 2.05) is 13.8 Å². The van der Waals surface area contributed by atoms with E-state index in [-0.39, 0.29) is 18.5 Å². The molecule has 1 unspecified atom stereocenters. The first-order valence-corrected chi connectivity index (χ1v) is 12.7. The molecule has 0 aromatic rings. The Morgan fingerprint density at radius 1 is 0.700 bits per heavy atom. The van der Waals surface area contributed by atoms with E-state index in [4.69, 9.17) is 9.47 Å². The lowest BCUT2D eigenvalue weighted by molar-refractivity contribution is -0.147. The number of carbonyl (C=O) groups is 2. The van der Waals surface area contributed by atoms with Crippen molar-refractivity contribution in [3.8, 4) is 0 Å². The second-order valence-electron chi connectivity index (χ2n) is 8.49. The minimum atomic E-state index is -0.638. The summed E-state index contributed by atoms with van der Waals surface area (Å²) in [6.07, 6.45) is 18.4. The van der Waals surface area contributed by atoms with E-state index in [2.05, 4.69) is 12.2 Å². The largest absolute Gasteiger partial charge is 0.464 e. The van der Waals surface area contributed by atoms with Crippen molar-refractivity contribution in [2.45, 2.75) is 130 Å². The third kappa shape index (κ3) is 16.5. The van der Waals surface area contributed by atoms with Crippen LogP contribution in [-0.2, 0) is 14.3 Å². The molecule has 1 N–H and O–H groups in total. The topological polar surface area (TPSA) is 64.6 Å². The van der Waals surface area contributed by atoms with E-state index in [0.29, 0.717) is 6.61 Å². The SMILES string of the molecule is CCCCCCCCCCCCCCCCOC(=O)[C@@H](NC(=O)OCC)C(C)CC. The fraction of sp³-hybridized carbons (Fsp3) is 0.920. The second-order valence-corrected chi connectivity index (χ2v) is 8.49. The van der Waals surface area contributed by atoms with Gasteiger partial charge in [0.2, 0.25) is 0 Å². The van der Waals surface area contributed by atoms with Crippen LogP contribution >= 0.6 is 0 Å². The monoisotopic (exact) mass is 427 g/mol. The highest BCUT2D eigenvalue weighted by molar-refractivity contribution is 5.81. The molecule has 0 bridgehead atoms. The molecule has 0 aliphatic carbocycles. The van der Waals surface area contributed by atoms with Crippen molar-refractivity contribution in [1.82, 2.24) is 5.32 Å². The van der Waals surface area contributed by atoms with Crippen LogP contribution in [0.15, 0.2) is 0 Å². The maximum atomic E-state index is 12.3. The Bertz CT molecular complexity index is 414. The minimum Gasteiger partial charge on any atom is -0.464 e. The molecule has 30 heavy (non-hydrogen) atoms. The van der Waals surface area contributed by atoms with Crippen LogP contribution in [0.2, 0.25) is 0 Å². The molecule has 5 nitrogen and oxygen atoms in total. The summed E-state index contributed by atoms with van der Waals surface area (Å²) >= 11 is 0. The normalized spacial score (nSPS) is 12.9. The van der Waals surface area contributed by atoms with E-state index in [0.717, 1.165) is 19.3 Å². The molecule has 0 fully saturated rings. The molecular weight excluding hydrogens is 378 g/mol. The summed E-state index contributed by atoms with van der Waals surface area (Å²) in [5.74, 6) is -0.342. The highest BCUT2D eigenvalue weighted by Gasteiger charge is 2.27. The molecule has 0 aliphatic heterocycles. The minimum absolute atomic E-state index is 0.0123. The van der Waals surface area contributed by atoms with Gasteiger partial charge in [0.1, 0.15) is 6.04 Å². The van der Waals surface area contributed by atoms with Crippen LogP contribution in [0.3, 0.4) is 0 Å². The maximum absolute atomic E-state index is 12.3. The first kappa shape index (κ1) is 28.7. The van der Waals surface area contributed by atoms with Gasteiger partial charge >= 0.3 is 12.1 Å². The number of alkyl carbamates (subject to hydrolysis) is 1. The zero-order chi connectivity index (χ0) is 22.5. The summed E-state index contributed by atoms with van der Waals surface area (Å²) in [5, 5.41) is 2.63. The Hall–Kier alpha value is -1.26. The van der Waals surface area contributed by atoms with Gasteiger partial charge in [0, 0.05) is 0 Å². The van der Waals surface area contributed by atoms with Gasteiger partial charge in [0.05, 0.1) is 13.2 Å². The van der Waals surface area contributed by atoms with Gasteiger partial charge in [-0.2, -0.15) is 0 Å². The van der Waals surface area contributed by atoms with Gasteiger partial charge in [0.15, 0.2) is 0 Å². The highest BCUT2D eigenvalue weighted by atomic mass is 16.6. The van der Waals surface area contributed by atoms with Crippen molar-refractivity contribution in [2.24, 2.45) is 5.92 Å². The quantitative estimate of drug-likeness (QED) is 0.165. The van der Waals surface area contributed by atoms with Gasteiger partial charge in [-0.25, -0.2) is 9.59 Å². The number of hydrogen-bond donors (Lipinski definition) is 1. The molecule has 0 rings (SSSR count). The van der Waals surface area contributed by atoms with Gasteiger partial charge in [-0.3, -0.25) is 0 Å². The lowest BCUT2D eigenvalue weighted by atomic mass is 9.99. The van der Waals surface area contributed by atoms with Crippen molar-refractivity contribution in [3.63, 3.8) is 0 Å². The summed E-state index contributed by atoms with van der Waals surface area (Å²) in [6.45, 7) is 8.64. The average molecular weight is 428 g/mol. The standard InChI is InChI=1S/C25H49NO4/c1-5-8-9-10-11-12-13-14-15-16-17-18-19-20-21-30-24(27)23(22(4)6-2)26-25(28)29-7-3/h22-23H,5-21H2,1-4H3,(H,26,28)/t22?,23-/m0/s1. The molecule has 0 aromatic carbocycles. The molecule has 0 saturated heterocycles. The van der Waals surface area contributed by atoms with Crippen molar-refractivity contribution in [2.75, 3.05) is 13.2 Å². The van der Waals surface area contributed by atoms with Gasteiger partial charge in [0.25, 0.3) is 0 Å². The number of nitrogens with one attached hydrogen (secondary N) is 1. The lowest BCUT2D eigenvalue weighted by Crippen LogP contribution is -2.46. The number of hydrogen-bond acceptors (Lipinski definition) is 4. The van der Waals surface area contributed by atoms with Gasteiger partial charge in [-0.1, -0.05) is 111 Å². The van der Waals surface area contributed by atoms with Gasteiger partial charge < -0.3 is 14.8 Å². The summed E-state index contributed by atoms with van der Waals surface area (Å²) in [7, 11) is 0. The third-order valence-electron chi connectivity index (χ3n) is 5.76. The number of amides is 1. The Morgan fingerprint density at radius 3 is 1.60 bits per heavy atom. The fourth-order valence-corrected chi connectivity index (χ4v) is 3.53. The van der Waals surface area contributed by atoms with Crippen LogP contribution in [-0.4, -0.2) is 31.3 Å². The van der Waals surface area contributed by atoms with Gasteiger partial charge in [-0.15, -0.1) is 0 Å². The first-order chi connectivity index (χ1) is 14.6. The Balaban J connectivity index is 3.65. The summed E-state index contributed by atoms with van der Waals surface area (Å²) in [4.78, 5) is 24.0. The van der Waals surface area contributed by atoms with Gasteiger partial charge in [-0.05, 0) is 19.3 Å². The van der Waals surface area contributed by atoms with Crippen LogP contribution in [0.1, 0.15) is 124 Å². The van der Waals surface area contributed by atoms with E-state index >= 15 is 0 Å². The second kappa shape index (κ2) is 21.0. The smallest absolute Gasteiger partial charge is 0.407 e. The maximum Gasteiger partial charge on any atom is 0.407 e. The molecule has 1 amide bonds. The van der Waals surface area contributed by atoms with E-state index in [1.165, 1.54) is 77.0 Å². The molecule has 2 atom stereocenters. The zero-order valence-electron chi connectivity index (χ0n) is 20.3. The number of ether oxygens (including phenoxy) is 2. The molecule has 178 valence electrons. The fourth-order valence-electron chi connectivity index (χ4n) is 3.53. The summed E-state index contributed by atoms with van der Waals surface area (Å²) < 4.78 is 10.3. The average Bonchev–Trinajstić information content (AvgIpc) is 2.74. The lowest BCUT2D eigenvalue weighted by Gasteiger charge is -2.22. The zero-order valence-corrected chi connectivity index (χ0v) is 20.3. The summed E-state index contributed by atoms with van der Waals surface area (Å²) in [5.41, 5.74) is 0. The summed E-state index contributed by atoms with van der Waals surface area (Å²) in [6, 6.07) is -0.638. The molecule has 0 heterocycles. The van der Waals surface area contributed by atoms with E-state index in [1.54, 1.807) is 6.92 Å². The Morgan fingerprint density at radius 2 is 1.17 bits per heavy atom. The number of unbranched alkanes of at least 4 members (excludes halogenated alkanes) is 13. The molecular formula is C25H49NO4. The molecule has 0 aliphatic rings. The predicted molar refractivity (Wildman–Crippen MR) is 125 cm³/mol. The van der Waals surface area contributed by atoms with E-state index in [9.17, 15) is 9.59 Å². The first-order valence-electron chi connectivity index (χ1n) is 12.7. The van der Waals surface area contributed by atoms with E-state index < -0.39 is 12.1 Å². The number of rotatable bonds is 20. The van der Waals surface area contributed by atoms with Crippen LogP contribution in [0.5, 0.6) is 0 Å². The molecule has 0 aromatic heterocycles. The highest BCUT2D eigenvalue weighted by Crippen LogP contribution is 2.14. The van der Waals surface area contributed by atoms with Crippen LogP contribution in [0.25, 0.3) is 0 Å². The van der Waals surface area contributed by atoms with Crippen molar-refractivity contribution >= 4 is 12.1 Å². The van der Waals surface area contributed by atoms with Crippen LogP contribution in [0, 0.1) is 5.92 Å². The molecule has 0 saturated carbocycles. The molecule has 5 heteroatoms. The third-order valence-corrected chi connectivity index (χ3v) is 5.76. The molecule has 0 radical (unpaired) electrons. The molecule has 0 spiro atoms. The number of esters is 1. The predicted octanol–water partition coefficient (Wildman–Crippen LogP) is 7.17.